The van der Waals surface area contributed by atoms with Gasteiger partial charge in [0.2, 0.25) is 0 Å². The number of hydrogen-bond acceptors (Lipinski definition) is 4. The number of primary amides is 1. The molecule has 27 heavy (non-hydrogen) atoms. The number of rotatable bonds is 4. The lowest BCUT2D eigenvalue weighted by molar-refractivity contribution is 0.100. The van der Waals surface area contributed by atoms with Crippen LogP contribution in [0.15, 0.2) is 30.9 Å². The number of carbonyl (C=O) groups is 1. The van der Waals surface area contributed by atoms with Crippen LogP contribution in [0.5, 0.6) is 0 Å². The SMILES string of the molecule is CC1CC[C@@H](Nc2c(C(N)=O)cnn3cc(-c4cnn(C)c4)cc23)C1(C)C. The van der Waals surface area contributed by atoms with Crippen molar-refractivity contribution in [3.8, 4) is 11.1 Å². The maximum atomic E-state index is 12.1. The second-order valence-electron chi connectivity index (χ2n) is 8.26. The van der Waals surface area contributed by atoms with Crippen LogP contribution in [-0.4, -0.2) is 31.3 Å². The minimum Gasteiger partial charge on any atom is -0.379 e. The number of nitrogens with two attached hydrogens (primary N) is 1. The van der Waals surface area contributed by atoms with Gasteiger partial charge in [0.15, 0.2) is 0 Å². The van der Waals surface area contributed by atoms with Gasteiger partial charge in [0.25, 0.3) is 5.91 Å². The zero-order valence-electron chi connectivity index (χ0n) is 16.2. The Morgan fingerprint density at radius 3 is 2.59 bits per heavy atom. The quantitative estimate of drug-likeness (QED) is 0.742. The highest BCUT2D eigenvalue weighted by molar-refractivity contribution is 6.02. The molecule has 1 amide bonds. The summed E-state index contributed by atoms with van der Waals surface area (Å²) in [5, 5.41) is 12.3. The topological polar surface area (TPSA) is 90.2 Å². The van der Waals surface area contributed by atoms with E-state index >= 15 is 0 Å². The van der Waals surface area contributed by atoms with Gasteiger partial charge in [-0.2, -0.15) is 10.2 Å². The van der Waals surface area contributed by atoms with E-state index in [2.05, 4.69) is 36.3 Å². The second-order valence-corrected chi connectivity index (χ2v) is 8.26. The zero-order valence-corrected chi connectivity index (χ0v) is 16.2. The fourth-order valence-corrected chi connectivity index (χ4v) is 4.06. The van der Waals surface area contributed by atoms with Gasteiger partial charge in [-0.3, -0.25) is 9.48 Å². The summed E-state index contributed by atoms with van der Waals surface area (Å²) in [5.41, 5.74) is 9.83. The van der Waals surface area contributed by atoms with Crippen LogP contribution in [0.3, 0.4) is 0 Å². The van der Waals surface area contributed by atoms with Gasteiger partial charge >= 0.3 is 0 Å². The van der Waals surface area contributed by atoms with Crippen LogP contribution in [0.2, 0.25) is 0 Å². The predicted octanol–water partition coefficient (Wildman–Crippen LogP) is 3.07. The first-order chi connectivity index (χ1) is 12.8. The Balaban J connectivity index is 1.82. The molecule has 0 aromatic carbocycles. The van der Waals surface area contributed by atoms with Crippen LogP contribution >= 0.6 is 0 Å². The van der Waals surface area contributed by atoms with Crippen LogP contribution in [-0.2, 0) is 7.05 Å². The number of nitrogens with zero attached hydrogens (tertiary/aromatic N) is 4. The first-order valence-electron chi connectivity index (χ1n) is 9.34. The van der Waals surface area contributed by atoms with Crippen molar-refractivity contribution in [3.63, 3.8) is 0 Å². The fourth-order valence-electron chi connectivity index (χ4n) is 4.06. The van der Waals surface area contributed by atoms with Gasteiger partial charge in [-0.25, -0.2) is 4.52 Å². The molecule has 3 aromatic rings. The minimum absolute atomic E-state index is 0.133. The molecule has 7 heteroatoms. The molecule has 1 saturated carbocycles. The Kier molecular flexibility index (Phi) is 3.98. The summed E-state index contributed by atoms with van der Waals surface area (Å²) in [4.78, 5) is 12.1. The predicted molar refractivity (Wildman–Crippen MR) is 106 cm³/mol. The van der Waals surface area contributed by atoms with Crippen LogP contribution < -0.4 is 11.1 Å². The molecule has 3 aromatic heterocycles. The van der Waals surface area contributed by atoms with Crippen molar-refractivity contribution in [1.29, 1.82) is 0 Å². The molecule has 0 aliphatic heterocycles. The van der Waals surface area contributed by atoms with E-state index in [-0.39, 0.29) is 11.5 Å². The lowest BCUT2D eigenvalue weighted by Gasteiger charge is -2.33. The van der Waals surface area contributed by atoms with Crippen molar-refractivity contribution in [2.75, 3.05) is 5.32 Å². The summed E-state index contributed by atoms with van der Waals surface area (Å²) in [6.07, 6.45) is 9.51. The van der Waals surface area contributed by atoms with E-state index in [1.165, 1.54) is 6.42 Å². The van der Waals surface area contributed by atoms with Crippen LogP contribution in [0.25, 0.3) is 16.6 Å². The molecule has 0 bridgehead atoms. The van der Waals surface area contributed by atoms with Gasteiger partial charge in [0.1, 0.15) is 0 Å². The van der Waals surface area contributed by atoms with Crippen LogP contribution in [0.4, 0.5) is 5.69 Å². The Morgan fingerprint density at radius 2 is 2.00 bits per heavy atom. The highest BCUT2D eigenvalue weighted by Crippen LogP contribution is 2.44. The highest BCUT2D eigenvalue weighted by Gasteiger charge is 2.41. The van der Waals surface area contributed by atoms with Gasteiger partial charge in [0.05, 0.1) is 29.2 Å². The minimum atomic E-state index is -0.472. The van der Waals surface area contributed by atoms with Crippen molar-refractivity contribution in [1.82, 2.24) is 19.4 Å². The number of nitrogens with one attached hydrogen (secondary N) is 1. The number of anilines is 1. The summed E-state index contributed by atoms with van der Waals surface area (Å²) in [7, 11) is 1.89. The number of carbonyl (C=O) groups excluding carboxylic acids is 1. The van der Waals surface area contributed by atoms with E-state index in [9.17, 15) is 4.79 Å². The summed E-state index contributed by atoms with van der Waals surface area (Å²) in [5.74, 6) is 0.142. The number of hydrogen-bond donors (Lipinski definition) is 2. The molecule has 1 fully saturated rings. The third-order valence-corrected chi connectivity index (χ3v) is 6.32. The molecule has 3 heterocycles. The number of fused-ring (bicyclic) bond motifs is 1. The average molecular weight is 366 g/mol. The number of aromatic nitrogens is 4. The zero-order chi connectivity index (χ0) is 19.3. The number of aryl methyl sites for hydroxylation is 1. The molecule has 7 nitrogen and oxygen atoms in total. The van der Waals surface area contributed by atoms with E-state index in [1.54, 1.807) is 15.4 Å². The second kappa shape index (κ2) is 6.11. The Labute approximate surface area is 158 Å². The third-order valence-electron chi connectivity index (χ3n) is 6.32. The van der Waals surface area contributed by atoms with E-state index in [0.29, 0.717) is 11.5 Å². The van der Waals surface area contributed by atoms with Crippen LogP contribution in [0, 0.1) is 11.3 Å². The Hall–Kier alpha value is -2.83. The Bertz CT molecular complexity index is 1010. The molecule has 2 atom stereocenters. The first-order valence-corrected chi connectivity index (χ1v) is 9.34. The Morgan fingerprint density at radius 1 is 1.22 bits per heavy atom. The van der Waals surface area contributed by atoms with E-state index < -0.39 is 5.91 Å². The fraction of sp³-hybridized carbons (Fsp3) is 0.450. The molecule has 0 spiro atoms. The molecule has 142 valence electrons. The molecule has 1 unspecified atom stereocenters. The van der Waals surface area contributed by atoms with Crippen LogP contribution in [0.1, 0.15) is 44.0 Å². The highest BCUT2D eigenvalue weighted by atomic mass is 16.1. The van der Waals surface area contributed by atoms with Crippen molar-refractivity contribution in [2.45, 2.75) is 39.7 Å². The van der Waals surface area contributed by atoms with Crippen molar-refractivity contribution >= 4 is 17.1 Å². The number of amides is 1. The van der Waals surface area contributed by atoms with E-state index in [1.807, 2.05) is 31.7 Å². The lowest BCUT2D eigenvalue weighted by Crippen LogP contribution is -2.35. The van der Waals surface area contributed by atoms with E-state index in [4.69, 9.17) is 5.73 Å². The summed E-state index contributed by atoms with van der Waals surface area (Å²) < 4.78 is 3.56. The lowest BCUT2D eigenvalue weighted by atomic mass is 9.80. The van der Waals surface area contributed by atoms with Crippen molar-refractivity contribution in [3.05, 3.63) is 36.4 Å². The normalized spacial score (nSPS) is 21.6. The molecule has 1 aliphatic carbocycles. The van der Waals surface area contributed by atoms with Gasteiger partial charge in [-0.05, 0) is 30.2 Å². The molecule has 3 N–H and O–H groups in total. The first kappa shape index (κ1) is 17.6. The molecule has 0 radical (unpaired) electrons. The maximum Gasteiger partial charge on any atom is 0.252 e. The molecular weight excluding hydrogens is 340 g/mol. The van der Waals surface area contributed by atoms with Gasteiger partial charge in [-0.1, -0.05) is 20.8 Å². The molecule has 1 aliphatic rings. The monoisotopic (exact) mass is 366 g/mol. The molecule has 4 rings (SSSR count). The third kappa shape index (κ3) is 2.87. The largest absolute Gasteiger partial charge is 0.379 e. The molecular formula is C20H26N6O. The average Bonchev–Trinajstić information content (AvgIpc) is 3.28. The summed E-state index contributed by atoms with van der Waals surface area (Å²) in [6.45, 7) is 6.85. The van der Waals surface area contributed by atoms with Crippen molar-refractivity contribution in [2.24, 2.45) is 24.1 Å². The van der Waals surface area contributed by atoms with E-state index in [0.717, 1.165) is 28.8 Å². The van der Waals surface area contributed by atoms with Crippen molar-refractivity contribution < 1.29 is 4.79 Å². The van der Waals surface area contributed by atoms with Gasteiger partial charge in [0, 0.05) is 36.6 Å². The summed E-state index contributed by atoms with van der Waals surface area (Å²) >= 11 is 0. The summed E-state index contributed by atoms with van der Waals surface area (Å²) in [6, 6.07) is 2.30. The van der Waals surface area contributed by atoms with Gasteiger partial charge in [-0.15, -0.1) is 0 Å². The van der Waals surface area contributed by atoms with Gasteiger partial charge < -0.3 is 11.1 Å². The molecule has 0 saturated heterocycles. The smallest absolute Gasteiger partial charge is 0.252 e. The standard InChI is InChI=1S/C20H26N6O/c1-12-5-6-17(20(12,2)3)24-18-15(19(21)27)9-23-26-11-13(7-16(18)26)14-8-22-25(4)10-14/h7-12,17,24H,5-6H2,1-4H3,(H2,21,27)/t12?,17-/m1/s1. The maximum absolute atomic E-state index is 12.1.